The summed E-state index contributed by atoms with van der Waals surface area (Å²) >= 11 is 0. The predicted octanol–water partition coefficient (Wildman–Crippen LogP) is 12.5. The fourth-order valence-corrected chi connectivity index (χ4v) is 8.24. The second-order valence-corrected chi connectivity index (χ2v) is 15.4. The molecule has 1 aliphatic carbocycles. The van der Waals surface area contributed by atoms with Crippen molar-refractivity contribution in [2.75, 3.05) is 0 Å². The molecular weight excluding hydrogens is 827 g/mol. The highest BCUT2D eigenvalue weighted by molar-refractivity contribution is 5.47. The molecule has 0 bridgehead atoms. The third-order valence-electron chi connectivity index (χ3n) is 11.1. The summed E-state index contributed by atoms with van der Waals surface area (Å²) in [5.74, 6) is -4.43. The zero-order valence-electron chi connectivity index (χ0n) is 35.7. The Labute approximate surface area is 383 Å². The lowest BCUT2D eigenvalue weighted by molar-refractivity contribution is -0.500. The first-order valence-electron chi connectivity index (χ1n) is 21.7. The van der Waals surface area contributed by atoms with Crippen LogP contribution in [0.2, 0.25) is 0 Å². The highest BCUT2D eigenvalue weighted by atomic mass is 16.9. The Balaban J connectivity index is 1.44. The number of benzene rings is 8. The first kappa shape index (κ1) is 41.5. The van der Waals surface area contributed by atoms with E-state index in [4.69, 9.17) is 38.0 Å². The number of hydroxylamine groups is 2. The molecule has 1 aliphatic heterocycles. The molecule has 10 rings (SSSR count). The van der Waals surface area contributed by atoms with Crippen molar-refractivity contribution in [3.63, 3.8) is 0 Å². The largest absolute Gasteiger partial charge is 0.472 e. The molecule has 326 valence electrons. The van der Waals surface area contributed by atoms with Crippen LogP contribution in [0.5, 0.6) is 46.0 Å². The van der Waals surface area contributed by atoms with Gasteiger partial charge in [0.05, 0.1) is 0 Å². The SMILES string of the molecule is C1=CCC2(Oc3ccccc3)C(=C1)N(Oc1ccccc1)C(Oc1ccccc1)(Oc1ccccc1)C(Oc1ccccc1)(Oc1ccccc1)C2(Oc1ccccc1)Oc1ccccc1. The van der Waals surface area contributed by atoms with Crippen LogP contribution in [-0.4, -0.2) is 28.1 Å². The van der Waals surface area contributed by atoms with Crippen molar-refractivity contribution in [3.8, 4) is 46.0 Å². The standard InChI is InChI=1S/C57H45NO8/c1-9-27-45(28-10-1)59-54-44-26-25-43-53(54)58(66-52-41-23-8-24-42-52)57(64-50-37-19-6-20-38-50,65-51-39-21-7-22-40-51)56(62-48-33-15-4-16-34-48,63-49-35-17-5-18-36-49)55(54,60-46-29-11-2-12-30-46)61-47-31-13-3-14-32-47/h1-43H,44H2. The summed E-state index contributed by atoms with van der Waals surface area (Å²) in [4.78, 5) is 7.30. The molecule has 1 heterocycles. The van der Waals surface area contributed by atoms with E-state index in [1.54, 1.807) is 5.06 Å². The summed E-state index contributed by atoms with van der Waals surface area (Å²) in [7, 11) is 0. The lowest BCUT2D eigenvalue weighted by atomic mass is 9.72. The quantitative estimate of drug-likeness (QED) is 0.0882. The van der Waals surface area contributed by atoms with Crippen LogP contribution < -0.4 is 38.0 Å². The van der Waals surface area contributed by atoms with E-state index in [-0.39, 0.29) is 6.42 Å². The summed E-state index contributed by atoms with van der Waals surface area (Å²) in [6.45, 7) is 0. The van der Waals surface area contributed by atoms with Crippen LogP contribution >= 0.6 is 0 Å². The number of allylic oxidation sites excluding steroid dienone is 2. The number of para-hydroxylation sites is 8. The van der Waals surface area contributed by atoms with Crippen molar-refractivity contribution >= 4 is 0 Å². The summed E-state index contributed by atoms with van der Waals surface area (Å²) in [5, 5.41) is 1.54. The van der Waals surface area contributed by atoms with Crippen molar-refractivity contribution in [3.05, 3.63) is 267 Å². The average Bonchev–Trinajstić information content (AvgIpc) is 3.37. The minimum absolute atomic E-state index is 0.104. The lowest BCUT2D eigenvalue weighted by Crippen LogP contribution is -2.95. The molecule has 66 heavy (non-hydrogen) atoms. The first-order chi connectivity index (χ1) is 32.6. The van der Waals surface area contributed by atoms with E-state index in [1.165, 1.54) is 0 Å². The lowest BCUT2D eigenvalue weighted by Gasteiger charge is -2.64. The van der Waals surface area contributed by atoms with E-state index < -0.39 is 23.1 Å². The van der Waals surface area contributed by atoms with Gasteiger partial charge in [-0.05, 0) is 103 Å². The Morgan fingerprint density at radius 1 is 0.303 bits per heavy atom. The monoisotopic (exact) mass is 871 g/mol. The molecule has 1 atom stereocenters. The van der Waals surface area contributed by atoms with E-state index >= 15 is 0 Å². The summed E-state index contributed by atoms with van der Waals surface area (Å²) < 4.78 is 53.9. The number of rotatable bonds is 16. The number of hydrogen-bond donors (Lipinski definition) is 0. The molecule has 9 heteroatoms. The van der Waals surface area contributed by atoms with Crippen LogP contribution in [0.4, 0.5) is 0 Å². The minimum atomic E-state index is -2.58. The van der Waals surface area contributed by atoms with E-state index in [0.717, 1.165) is 0 Å². The molecule has 0 spiro atoms. The maximum Gasteiger partial charge on any atom is 0.460 e. The molecule has 9 nitrogen and oxygen atoms in total. The van der Waals surface area contributed by atoms with Crippen LogP contribution in [0.3, 0.4) is 0 Å². The molecule has 0 aromatic heterocycles. The van der Waals surface area contributed by atoms with Gasteiger partial charge in [0, 0.05) is 6.42 Å². The van der Waals surface area contributed by atoms with E-state index in [1.807, 2.05) is 261 Å². The molecule has 0 radical (unpaired) electrons. The second kappa shape index (κ2) is 18.3. The molecule has 1 unspecified atom stereocenters. The van der Waals surface area contributed by atoms with Gasteiger partial charge >= 0.3 is 17.5 Å². The normalized spacial score (nSPS) is 17.5. The maximum atomic E-state index is 7.77. The third-order valence-corrected chi connectivity index (χ3v) is 11.1. The van der Waals surface area contributed by atoms with Gasteiger partial charge in [-0.3, -0.25) is 0 Å². The molecule has 2 aliphatic rings. The molecule has 0 N–H and O–H groups in total. The number of ether oxygens (including phenoxy) is 7. The van der Waals surface area contributed by atoms with Crippen molar-refractivity contribution < 1.29 is 38.0 Å². The zero-order chi connectivity index (χ0) is 44.5. The molecule has 8 aromatic rings. The third kappa shape index (κ3) is 7.77. The molecular formula is C57H45NO8. The average molecular weight is 872 g/mol. The number of nitrogens with zero attached hydrogens (tertiary/aromatic N) is 1. The van der Waals surface area contributed by atoms with Crippen LogP contribution in [0.25, 0.3) is 0 Å². The van der Waals surface area contributed by atoms with Crippen molar-refractivity contribution in [2.24, 2.45) is 0 Å². The van der Waals surface area contributed by atoms with Crippen molar-refractivity contribution in [1.82, 2.24) is 5.06 Å². The van der Waals surface area contributed by atoms with E-state index in [9.17, 15) is 0 Å². The summed E-state index contributed by atoms with van der Waals surface area (Å²) in [6, 6.07) is 74.7. The number of hydrogen-bond acceptors (Lipinski definition) is 9. The Morgan fingerprint density at radius 2 is 0.591 bits per heavy atom. The van der Waals surface area contributed by atoms with Gasteiger partial charge in [-0.25, -0.2) is 0 Å². The van der Waals surface area contributed by atoms with Crippen LogP contribution in [-0.2, 0) is 0 Å². The Bertz CT molecular complexity index is 2710. The van der Waals surface area contributed by atoms with Gasteiger partial charge in [0.15, 0.2) is 5.75 Å². The smallest absolute Gasteiger partial charge is 0.460 e. The fourth-order valence-electron chi connectivity index (χ4n) is 8.24. The van der Waals surface area contributed by atoms with Gasteiger partial charge in [-0.2, -0.15) is 0 Å². The first-order valence-corrected chi connectivity index (χ1v) is 21.7. The maximum absolute atomic E-state index is 7.77. The Hall–Kier alpha value is -8.56. The molecule has 1 saturated heterocycles. The van der Waals surface area contributed by atoms with Crippen LogP contribution in [0.1, 0.15) is 6.42 Å². The molecule has 1 fully saturated rings. The molecule has 0 saturated carbocycles. The number of piperidine rings is 1. The predicted molar refractivity (Wildman–Crippen MR) is 251 cm³/mol. The molecule has 0 amide bonds. The highest BCUT2D eigenvalue weighted by Gasteiger charge is 2.93. The topological polar surface area (TPSA) is 77.1 Å². The second-order valence-electron chi connectivity index (χ2n) is 15.4. The van der Waals surface area contributed by atoms with Gasteiger partial charge in [-0.1, -0.05) is 158 Å². The molecule has 8 aromatic carbocycles. The Kier molecular flexibility index (Phi) is 11.5. The highest BCUT2D eigenvalue weighted by Crippen LogP contribution is 2.61. The minimum Gasteiger partial charge on any atom is -0.472 e. The van der Waals surface area contributed by atoms with Gasteiger partial charge in [0.25, 0.3) is 0 Å². The fraction of sp³-hybridized carbons (Fsp3) is 0.0877. The van der Waals surface area contributed by atoms with E-state index in [2.05, 4.69) is 0 Å². The van der Waals surface area contributed by atoms with Crippen LogP contribution in [0.15, 0.2) is 267 Å². The Morgan fingerprint density at radius 3 is 0.939 bits per heavy atom. The van der Waals surface area contributed by atoms with Gasteiger partial charge < -0.3 is 38.0 Å². The van der Waals surface area contributed by atoms with Crippen LogP contribution in [0, 0.1) is 0 Å². The van der Waals surface area contributed by atoms with Crippen molar-refractivity contribution in [2.45, 2.75) is 29.5 Å². The van der Waals surface area contributed by atoms with Gasteiger partial charge in [0.2, 0.25) is 5.60 Å². The summed E-state index contributed by atoms with van der Waals surface area (Å²) in [6.07, 6.45) is 5.91. The van der Waals surface area contributed by atoms with Gasteiger partial charge in [-0.15, -0.1) is 5.06 Å². The number of fused-ring (bicyclic) bond motifs is 1. The van der Waals surface area contributed by atoms with E-state index in [0.29, 0.717) is 51.7 Å². The van der Waals surface area contributed by atoms with Crippen molar-refractivity contribution in [1.29, 1.82) is 0 Å². The summed E-state index contributed by atoms with van der Waals surface area (Å²) in [5.41, 5.74) is -1.48. The van der Waals surface area contributed by atoms with Gasteiger partial charge in [0.1, 0.15) is 45.9 Å². The zero-order valence-corrected chi connectivity index (χ0v) is 35.7.